The zero-order chi connectivity index (χ0) is 40.0. The molecule has 0 aliphatic carbocycles. The zero-order valence-corrected chi connectivity index (χ0v) is 36.0. The van der Waals surface area contributed by atoms with E-state index in [2.05, 4.69) is 62.5 Å². The minimum Gasteiger partial charge on any atom is -0.756 e. The van der Waals surface area contributed by atoms with Crippen molar-refractivity contribution in [2.45, 2.75) is 174 Å². The standard InChI is InChI=1S/C44H80NO8P/c1-6-8-10-12-14-16-18-20-21-22-23-25-26-28-30-32-34-36-43(46)50-40-42(41-52-54(48,49)51-39-38-45(3,4)5)53-44(47)37-35-33-31-29-27-24-19-17-15-13-11-9-7-2/h14,16,20-21,23,25,28,30,42H,6-13,15,17-19,22,24,26-27,29,31-41H2,1-5H3/t42-/m1/s1. The van der Waals surface area contributed by atoms with Gasteiger partial charge in [0.25, 0.3) is 7.82 Å². The first-order valence-corrected chi connectivity index (χ1v) is 22.8. The molecule has 0 N–H and O–H groups in total. The van der Waals surface area contributed by atoms with Crippen LogP contribution < -0.4 is 4.89 Å². The summed E-state index contributed by atoms with van der Waals surface area (Å²) in [5, 5.41) is 0. The number of quaternary nitrogens is 1. The van der Waals surface area contributed by atoms with Crippen molar-refractivity contribution in [2.75, 3.05) is 47.5 Å². The number of rotatable bonds is 38. The molecule has 1 unspecified atom stereocenters. The van der Waals surface area contributed by atoms with Crippen LogP contribution in [0.2, 0.25) is 0 Å². The highest BCUT2D eigenvalue weighted by Gasteiger charge is 2.21. The number of unbranched alkanes of at least 4 members (excludes halogenated alkanes) is 16. The van der Waals surface area contributed by atoms with Gasteiger partial charge in [-0.1, -0.05) is 152 Å². The van der Waals surface area contributed by atoms with Gasteiger partial charge in [0.1, 0.15) is 19.8 Å². The van der Waals surface area contributed by atoms with Crippen molar-refractivity contribution < 1.29 is 42.1 Å². The van der Waals surface area contributed by atoms with E-state index < -0.39 is 32.5 Å². The summed E-state index contributed by atoms with van der Waals surface area (Å²) >= 11 is 0. The second-order valence-electron chi connectivity index (χ2n) is 15.4. The van der Waals surface area contributed by atoms with Gasteiger partial charge in [-0.2, -0.15) is 0 Å². The highest BCUT2D eigenvalue weighted by atomic mass is 31.2. The average Bonchev–Trinajstić information content (AvgIpc) is 3.12. The maximum Gasteiger partial charge on any atom is 0.306 e. The highest BCUT2D eigenvalue weighted by Crippen LogP contribution is 2.38. The summed E-state index contributed by atoms with van der Waals surface area (Å²) in [6.07, 6.45) is 41.4. The van der Waals surface area contributed by atoms with E-state index in [9.17, 15) is 19.0 Å². The van der Waals surface area contributed by atoms with Gasteiger partial charge in [-0.25, -0.2) is 0 Å². The van der Waals surface area contributed by atoms with Gasteiger partial charge in [-0.05, 0) is 51.4 Å². The van der Waals surface area contributed by atoms with Crippen molar-refractivity contribution in [1.29, 1.82) is 0 Å². The van der Waals surface area contributed by atoms with Gasteiger partial charge in [-0.3, -0.25) is 14.2 Å². The Kier molecular flexibility index (Phi) is 35.2. The minimum absolute atomic E-state index is 0.0395. The molecule has 10 heteroatoms. The van der Waals surface area contributed by atoms with E-state index in [1.807, 2.05) is 21.1 Å². The smallest absolute Gasteiger partial charge is 0.306 e. The summed E-state index contributed by atoms with van der Waals surface area (Å²) in [7, 11) is 1.13. The van der Waals surface area contributed by atoms with Crippen molar-refractivity contribution in [3.05, 3.63) is 48.6 Å². The van der Waals surface area contributed by atoms with E-state index >= 15 is 0 Å². The molecule has 0 aromatic rings. The average molecular weight is 782 g/mol. The predicted molar refractivity (Wildman–Crippen MR) is 222 cm³/mol. The van der Waals surface area contributed by atoms with Crippen LogP contribution in [-0.4, -0.2) is 70.0 Å². The predicted octanol–water partition coefficient (Wildman–Crippen LogP) is 11.3. The lowest BCUT2D eigenvalue weighted by Gasteiger charge is -2.28. The molecule has 0 aromatic heterocycles. The molecular formula is C44H80NO8P. The topological polar surface area (TPSA) is 111 Å². The number of allylic oxidation sites excluding steroid dienone is 8. The maximum atomic E-state index is 12.6. The SMILES string of the molecule is CCCCCC=CCC=CCC=CCC=CCCCC(=O)OC[C@H](COP(=O)([O-])OCC[N+](C)(C)C)OC(=O)CCCCCCCCCCCCCCC. The Balaban J connectivity index is 4.47. The molecule has 0 saturated heterocycles. The molecule has 314 valence electrons. The molecule has 0 fully saturated rings. The van der Waals surface area contributed by atoms with Crippen LogP contribution in [0.4, 0.5) is 0 Å². The van der Waals surface area contributed by atoms with Crippen molar-refractivity contribution in [2.24, 2.45) is 0 Å². The Hall–Kier alpha value is -2.03. The van der Waals surface area contributed by atoms with Crippen molar-refractivity contribution in [3.63, 3.8) is 0 Å². The number of phosphoric acid groups is 1. The fraction of sp³-hybridized carbons (Fsp3) is 0.773. The van der Waals surface area contributed by atoms with Gasteiger partial charge in [0.05, 0.1) is 27.7 Å². The van der Waals surface area contributed by atoms with Crippen LogP contribution in [0.25, 0.3) is 0 Å². The summed E-state index contributed by atoms with van der Waals surface area (Å²) < 4.78 is 33.8. The van der Waals surface area contributed by atoms with Crippen LogP contribution in [0.1, 0.15) is 168 Å². The lowest BCUT2D eigenvalue weighted by atomic mass is 10.0. The Bertz CT molecular complexity index is 1070. The summed E-state index contributed by atoms with van der Waals surface area (Å²) in [4.78, 5) is 37.4. The zero-order valence-electron chi connectivity index (χ0n) is 35.2. The number of nitrogens with zero attached hydrogens (tertiary/aromatic N) is 1. The van der Waals surface area contributed by atoms with Crippen molar-refractivity contribution in [1.82, 2.24) is 0 Å². The van der Waals surface area contributed by atoms with Crippen LogP contribution >= 0.6 is 7.82 Å². The Labute approximate surface area is 331 Å². The first kappa shape index (κ1) is 52.0. The minimum atomic E-state index is -4.63. The number of carbonyl (C=O) groups excluding carboxylic acids is 2. The molecule has 2 atom stereocenters. The van der Waals surface area contributed by atoms with E-state index in [1.165, 1.54) is 83.5 Å². The van der Waals surface area contributed by atoms with E-state index in [0.717, 1.165) is 44.9 Å². The molecule has 0 bridgehead atoms. The van der Waals surface area contributed by atoms with Crippen LogP contribution in [0, 0.1) is 0 Å². The number of likely N-dealkylation sites (N-methyl/N-ethyl adjacent to an activating group) is 1. The Morgan fingerprint density at radius 1 is 0.574 bits per heavy atom. The normalized spacial score (nSPS) is 14.1. The van der Waals surface area contributed by atoms with Crippen molar-refractivity contribution in [3.8, 4) is 0 Å². The second-order valence-corrected chi connectivity index (χ2v) is 16.8. The lowest BCUT2D eigenvalue weighted by Crippen LogP contribution is -2.37. The quantitative estimate of drug-likeness (QED) is 0.0200. The third-order valence-electron chi connectivity index (χ3n) is 8.85. The molecule has 0 aliphatic heterocycles. The second kappa shape index (κ2) is 36.6. The lowest BCUT2D eigenvalue weighted by molar-refractivity contribution is -0.870. The van der Waals surface area contributed by atoms with Gasteiger partial charge in [0, 0.05) is 12.8 Å². The van der Waals surface area contributed by atoms with Crippen LogP contribution in [0.15, 0.2) is 48.6 Å². The van der Waals surface area contributed by atoms with Gasteiger partial charge in [-0.15, -0.1) is 0 Å². The van der Waals surface area contributed by atoms with Crippen molar-refractivity contribution >= 4 is 19.8 Å². The molecular weight excluding hydrogens is 701 g/mol. The fourth-order valence-electron chi connectivity index (χ4n) is 5.47. The Morgan fingerprint density at radius 2 is 1.02 bits per heavy atom. The molecule has 54 heavy (non-hydrogen) atoms. The van der Waals surface area contributed by atoms with Gasteiger partial charge >= 0.3 is 11.9 Å². The molecule has 0 spiro atoms. The highest BCUT2D eigenvalue weighted by molar-refractivity contribution is 7.45. The van der Waals surface area contributed by atoms with Crippen LogP contribution in [0.3, 0.4) is 0 Å². The van der Waals surface area contributed by atoms with E-state index in [0.29, 0.717) is 23.9 Å². The Morgan fingerprint density at radius 3 is 1.54 bits per heavy atom. The maximum absolute atomic E-state index is 12.6. The number of carbonyl (C=O) groups is 2. The molecule has 9 nitrogen and oxygen atoms in total. The van der Waals surface area contributed by atoms with E-state index in [1.54, 1.807) is 0 Å². The monoisotopic (exact) mass is 782 g/mol. The van der Waals surface area contributed by atoms with Crippen LogP contribution in [0.5, 0.6) is 0 Å². The molecule has 0 saturated carbocycles. The van der Waals surface area contributed by atoms with E-state index in [4.69, 9.17) is 18.5 Å². The first-order valence-electron chi connectivity index (χ1n) is 21.3. The van der Waals surface area contributed by atoms with Crippen LogP contribution in [-0.2, 0) is 32.7 Å². The molecule has 0 aliphatic rings. The third kappa shape index (κ3) is 39.7. The largest absolute Gasteiger partial charge is 0.756 e. The summed E-state index contributed by atoms with van der Waals surface area (Å²) in [5.41, 5.74) is 0. The third-order valence-corrected chi connectivity index (χ3v) is 9.82. The van der Waals surface area contributed by atoms with Gasteiger partial charge in [0.15, 0.2) is 6.10 Å². The number of ether oxygens (including phenoxy) is 2. The van der Waals surface area contributed by atoms with Gasteiger partial charge < -0.3 is 27.9 Å². The molecule has 0 radical (unpaired) electrons. The van der Waals surface area contributed by atoms with E-state index in [-0.39, 0.29) is 26.1 Å². The summed E-state index contributed by atoms with van der Waals surface area (Å²) in [5.74, 6) is -0.900. The molecule has 0 rings (SSSR count). The number of phosphoric ester groups is 1. The number of hydrogen-bond donors (Lipinski definition) is 0. The molecule has 0 amide bonds. The molecule has 0 heterocycles. The van der Waals surface area contributed by atoms with Gasteiger partial charge in [0.2, 0.25) is 0 Å². The summed E-state index contributed by atoms with van der Waals surface area (Å²) in [6, 6.07) is 0. The molecule has 0 aromatic carbocycles. The number of esters is 2. The summed E-state index contributed by atoms with van der Waals surface area (Å²) in [6.45, 7) is 4.13. The fourth-order valence-corrected chi connectivity index (χ4v) is 6.20. The number of hydrogen-bond acceptors (Lipinski definition) is 8. The first-order chi connectivity index (χ1) is 26.0.